The van der Waals surface area contributed by atoms with Gasteiger partial charge in [0.15, 0.2) is 0 Å². The van der Waals surface area contributed by atoms with Crippen LogP contribution in [0.2, 0.25) is 0 Å². The minimum Gasteiger partial charge on any atom is -0.393 e. The van der Waals surface area contributed by atoms with Gasteiger partial charge in [0.1, 0.15) is 0 Å². The number of carbonyl (C=O) groups is 1. The highest BCUT2D eigenvalue weighted by Gasteiger charge is 2.18. The second kappa shape index (κ2) is 7.65. The molecule has 1 aliphatic heterocycles. The smallest absolute Gasteiger partial charge is 0.234 e. The lowest BCUT2D eigenvalue weighted by Gasteiger charge is -2.28. The predicted molar refractivity (Wildman–Crippen MR) is 75.9 cm³/mol. The van der Waals surface area contributed by atoms with Crippen molar-refractivity contribution >= 4 is 5.91 Å². The summed E-state index contributed by atoms with van der Waals surface area (Å²) < 4.78 is 0. The molecule has 1 saturated heterocycles. The molecule has 0 unspecified atom stereocenters. The van der Waals surface area contributed by atoms with E-state index in [4.69, 9.17) is 0 Å². The third kappa shape index (κ3) is 5.33. The maximum Gasteiger partial charge on any atom is 0.234 e. The van der Waals surface area contributed by atoms with Gasteiger partial charge < -0.3 is 10.4 Å². The molecule has 4 heteroatoms. The molecule has 2 N–H and O–H groups in total. The number of aliphatic hydroxyl groups is 1. The van der Waals surface area contributed by atoms with Gasteiger partial charge >= 0.3 is 0 Å². The molecule has 0 aromatic rings. The fraction of sp³-hybridized carbons (Fsp3) is 0.800. The van der Waals surface area contributed by atoms with Gasteiger partial charge in [0.25, 0.3) is 0 Å². The van der Waals surface area contributed by atoms with Crippen molar-refractivity contribution in [3.05, 3.63) is 11.6 Å². The lowest BCUT2D eigenvalue weighted by Crippen LogP contribution is -2.42. The summed E-state index contributed by atoms with van der Waals surface area (Å²) in [4.78, 5) is 13.9. The van der Waals surface area contributed by atoms with Crippen molar-refractivity contribution in [2.24, 2.45) is 0 Å². The summed E-state index contributed by atoms with van der Waals surface area (Å²) in [7, 11) is 0. The molecule has 1 aliphatic carbocycles. The van der Waals surface area contributed by atoms with E-state index in [9.17, 15) is 9.90 Å². The summed E-state index contributed by atoms with van der Waals surface area (Å²) in [5.41, 5.74) is 1.51. The van der Waals surface area contributed by atoms with Crippen molar-refractivity contribution in [1.82, 2.24) is 10.2 Å². The first kappa shape index (κ1) is 14.5. The number of hydrogen-bond donors (Lipinski definition) is 2. The average Bonchev–Trinajstić information content (AvgIpc) is 2.43. The Bertz CT molecular complexity index is 320. The number of hydrogen-bond acceptors (Lipinski definition) is 3. The zero-order valence-corrected chi connectivity index (χ0v) is 11.7. The van der Waals surface area contributed by atoms with Crippen molar-refractivity contribution in [3.63, 3.8) is 0 Å². The number of piperidine rings is 1. The first-order valence-corrected chi connectivity index (χ1v) is 7.59. The molecule has 1 fully saturated rings. The Morgan fingerprint density at radius 3 is 2.84 bits per heavy atom. The van der Waals surface area contributed by atoms with E-state index < -0.39 is 0 Å². The average molecular weight is 266 g/mol. The normalized spacial score (nSPS) is 22.1. The predicted octanol–water partition coefficient (Wildman–Crippen LogP) is 1.45. The molecule has 2 rings (SSSR count). The summed E-state index contributed by atoms with van der Waals surface area (Å²) in [6, 6.07) is 0. The van der Waals surface area contributed by atoms with E-state index in [0.717, 1.165) is 38.9 Å². The van der Waals surface area contributed by atoms with Crippen LogP contribution in [0.4, 0.5) is 0 Å². The molecular weight excluding hydrogens is 240 g/mol. The number of nitrogens with zero attached hydrogens (tertiary/aromatic N) is 1. The summed E-state index contributed by atoms with van der Waals surface area (Å²) in [5.74, 6) is 0.118. The minimum absolute atomic E-state index is 0.118. The lowest BCUT2D eigenvalue weighted by atomic mass is 9.97. The molecule has 0 atom stereocenters. The highest BCUT2D eigenvalue weighted by Crippen LogP contribution is 2.19. The van der Waals surface area contributed by atoms with Gasteiger partial charge in [-0.15, -0.1) is 0 Å². The Morgan fingerprint density at radius 1 is 1.37 bits per heavy atom. The van der Waals surface area contributed by atoms with E-state index in [2.05, 4.69) is 16.3 Å². The van der Waals surface area contributed by atoms with E-state index in [0.29, 0.717) is 6.54 Å². The number of aliphatic hydroxyl groups excluding tert-OH is 1. The van der Waals surface area contributed by atoms with Gasteiger partial charge in [0.2, 0.25) is 5.91 Å². The number of allylic oxidation sites excluding steroid dienone is 1. The summed E-state index contributed by atoms with van der Waals surface area (Å²) in [6.07, 6.45) is 9.79. The van der Waals surface area contributed by atoms with Gasteiger partial charge in [0, 0.05) is 19.6 Å². The van der Waals surface area contributed by atoms with Gasteiger partial charge in [-0.2, -0.15) is 0 Å². The number of likely N-dealkylation sites (tertiary alicyclic amines) is 1. The van der Waals surface area contributed by atoms with E-state index in [1.54, 1.807) is 0 Å². The molecule has 1 heterocycles. The Morgan fingerprint density at radius 2 is 2.16 bits per heavy atom. The van der Waals surface area contributed by atoms with Gasteiger partial charge in [-0.1, -0.05) is 11.6 Å². The monoisotopic (exact) mass is 266 g/mol. The van der Waals surface area contributed by atoms with E-state index in [-0.39, 0.29) is 12.0 Å². The SMILES string of the molecule is O=C(CN1CCC(O)CC1)NCCC1=CCCCC1. The molecule has 0 saturated carbocycles. The third-order valence-electron chi connectivity index (χ3n) is 4.08. The third-order valence-corrected chi connectivity index (χ3v) is 4.08. The van der Waals surface area contributed by atoms with Crippen molar-refractivity contribution in [2.75, 3.05) is 26.2 Å². The van der Waals surface area contributed by atoms with Gasteiger partial charge in [0.05, 0.1) is 12.6 Å². The van der Waals surface area contributed by atoms with Crippen LogP contribution < -0.4 is 5.32 Å². The summed E-state index contributed by atoms with van der Waals surface area (Å²) in [6.45, 7) is 2.91. The number of nitrogens with one attached hydrogen (secondary N) is 1. The molecule has 0 bridgehead atoms. The largest absolute Gasteiger partial charge is 0.393 e. The second-order valence-electron chi connectivity index (χ2n) is 5.72. The van der Waals surface area contributed by atoms with E-state index in [1.807, 2.05) is 0 Å². The molecule has 0 aromatic heterocycles. The van der Waals surface area contributed by atoms with Crippen LogP contribution in [-0.2, 0) is 4.79 Å². The molecule has 1 amide bonds. The molecule has 2 aliphatic rings. The van der Waals surface area contributed by atoms with Crippen LogP contribution in [0.1, 0.15) is 44.9 Å². The van der Waals surface area contributed by atoms with Crippen LogP contribution in [0.25, 0.3) is 0 Å². The Hall–Kier alpha value is -0.870. The number of carbonyl (C=O) groups excluding carboxylic acids is 1. The minimum atomic E-state index is -0.169. The molecule has 4 nitrogen and oxygen atoms in total. The van der Waals surface area contributed by atoms with Crippen molar-refractivity contribution in [1.29, 1.82) is 0 Å². The highest BCUT2D eigenvalue weighted by atomic mass is 16.3. The van der Waals surface area contributed by atoms with E-state index >= 15 is 0 Å². The summed E-state index contributed by atoms with van der Waals surface area (Å²) in [5, 5.41) is 12.4. The molecule has 108 valence electrons. The van der Waals surface area contributed by atoms with Gasteiger partial charge in [-0.3, -0.25) is 9.69 Å². The Balaban J connectivity index is 1.58. The van der Waals surface area contributed by atoms with E-state index in [1.165, 1.54) is 31.3 Å². The van der Waals surface area contributed by atoms with Crippen molar-refractivity contribution < 1.29 is 9.90 Å². The quantitative estimate of drug-likeness (QED) is 0.741. The molecule has 0 spiro atoms. The van der Waals surface area contributed by atoms with Crippen LogP contribution >= 0.6 is 0 Å². The van der Waals surface area contributed by atoms with Crippen LogP contribution in [0.15, 0.2) is 11.6 Å². The van der Waals surface area contributed by atoms with Crippen LogP contribution in [-0.4, -0.2) is 48.2 Å². The zero-order valence-electron chi connectivity index (χ0n) is 11.7. The number of amides is 1. The van der Waals surface area contributed by atoms with Crippen molar-refractivity contribution in [2.45, 2.75) is 51.0 Å². The highest BCUT2D eigenvalue weighted by molar-refractivity contribution is 5.78. The summed E-state index contributed by atoms with van der Waals surface area (Å²) >= 11 is 0. The lowest BCUT2D eigenvalue weighted by molar-refractivity contribution is -0.122. The van der Waals surface area contributed by atoms with Crippen LogP contribution in [0.3, 0.4) is 0 Å². The Labute approximate surface area is 115 Å². The van der Waals surface area contributed by atoms with Gasteiger partial charge in [-0.25, -0.2) is 0 Å². The first-order chi connectivity index (χ1) is 9.24. The zero-order chi connectivity index (χ0) is 13.5. The first-order valence-electron chi connectivity index (χ1n) is 7.59. The fourth-order valence-electron chi connectivity index (χ4n) is 2.83. The topological polar surface area (TPSA) is 52.6 Å². The molecular formula is C15H26N2O2. The Kier molecular flexibility index (Phi) is 5.86. The molecule has 0 radical (unpaired) electrons. The molecule has 0 aromatic carbocycles. The standard InChI is InChI=1S/C15H26N2O2/c18-14-7-10-17(11-8-14)12-15(19)16-9-6-13-4-2-1-3-5-13/h4,14,18H,1-3,5-12H2,(H,16,19). The maximum absolute atomic E-state index is 11.8. The van der Waals surface area contributed by atoms with Gasteiger partial charge in [-0.05, 0) is 44.9 Å². The van der Waals surface area contributed by atoms with Crippen molar-refractivity contribution in [3.8, 4) is 0 Å². The fourth-order valence-corrected chi connectivity index (χ4v) is 2.83. The second-order valence-corrected chi connectivity index (χ2v) is 5.72. The number of rotatable bonds is 5. The van der Waals surface area contributed by atoms with Crippen LogP contribution in [0.5, 0.6) is 0 Å². The molecule has 19 heavy (non-hydrogen) atoms. The van der Waals surface area contributed by atoms with Crippen LogP contribution in [0, 0.1) is 0 Å². The maximum atomic E-state index is 11.8.